The molecular formula is C29H28N4O3. The number of hydrazone groups is 1. The molecule has 0 bridgehead atoms. The van der Waals surface area contributed by atoms with Gasteiger partial charge in [0.1, 0.15) is 18.1 Å². The van der Waals surface area contributed by atoms with Gasteiger partial charge in [-0.1, -0.05) is 18.2 Å². The summed E-state index contributed by atoms with van der Waals surface area (Å²) < 4.78 is 15.8. The summed E-state index contributed by atoms with van der Waals surface area (Å²) in [5, 5.41) is 5.24. The first kappa shape index (κ1) is 23.2. The summed E-state index contributed by atoms with van der Waals surface area (Å²) in [4.78, 5) is 12.5. The van der Waals surface area contributed by atoms with Crippen LogP contribution >= 0.6 is 0 Å². The molecule has 5 aromatic rings. The van der Waals surface area contributed by atoms with Crippen molar-refractivity contribution in [3.05, 3.63) is 107 Å². The summed E-state index contributed by atoms with van der Waals surface area (Å²) in [6, 6.07) is 23.5. The summed E-state index contributed by atoms with van der Waals surface area (Å²) in [7, 11) is 2.01. The van der Waals surface area contributed by atoms with E-state index in [0.29, 0.717) is 5.76 Å². The van der Waals surface area contributed by atoms with E-state index in [1.54, 1.807) is 18.3 Å². The van der Waals surface area contributed by atoms with Crippen LogP contribution in [-0.4, -0.2) is 21.3 Å². The zero-order valence-electron chi connectivity index (χ0n) is 20.8. The lowest BCUT2D eigenvalue weighted by Gasteiger charge is -2.10. The van der Waals surface area contributed by atoms with Crippen LogP contribution in [0, 0.1) is 20.8 Å². The highest BCUT2D eigenvalue weighted by Gasteiger charge is 2.13. The first-order valence-corrected chi connectivity index (χ1v) is 11.8. The van der Waals surface area contributed by atoms with Crippen LogP contribution in [0.1, 0.15) is 39.0 Å². The second kappa shape index (κ2) is 9.62. The van der Waals surface area contributed by atoms with Gasteiger partial charge in [0.05, 0.1) is 6.21 Å². The molecular weight excluding hydrogens is 452 g/mol. The smallest absolute Gasteiger partial charge is 0.307 e. The quantitative estimate of drug-likeness (QED) is 0.235. The topological polar surface area (TPSA) is 73.7 Å². The van der Waals surface area contributed by atoms with Gasteiger partial charge in [-0.15, -0.1) is 0 Å². The fraction of sp³-hybridized carbons (Fsp3) is 0.172. The molecule has 3 aromatic heterocycles. The maximum Gasteiger partial charge on any atom is 0.307 e. The number of ether oxygens (including phenoxy) is 1. The first-order valence-electron chi connectivity index (χ1n) is 11.8. The minimum atomic E-state index is -0.419. The number of carbonyl (C=O) groups is 1. The van der Waals surface area contributed by atoms with Crippen molar-refractivity contribution in [1.82, 2.24) is 14.6 Å². The number of benzene rings is 2. The Balaban J connectivity index is 1.19. The Morgan fingerprint density at radius 1 is 0.972 bits per heavy atom. The van der Waals surface area contributed by atoms with Crippen LogP contribution in [0.15, 0.2) is 82.3 Å². The van der Waals surface area contributed by atoms with Crippen molar-refractivity contribution < 1.29 is 13.9 Å². The fourth-order valence-corrected chi connectivity index (χ4v) is 4.42. The second-order valence-corrected chi connectivity index (χ2v) is 8.77. The molecule has 0 unspecified atom stereocenters. The third-order valence-corrected chi connectivity index (χ3v) is 6.44. The van der Waals surface area contributed by atoms with Crippen molar-refractivity contribution >= 4 is 23.0 Å². The van der Waals surface area contributed by atoms with Gasteiger partial charge < -0.3 is 18.3 Å². The number of hydrogen-bond donors (Lipinski definition) is 1. The van der Waals surface area contributed by atoms with E-state index >= 15 is 0 Å². The Kier molecular flexibility index (Phi) is 6.21. The van der Waals surface area contributed by atoms with Crippen LogP contribution in [-0.2, 0) is 13.7 Å². The van der Waals surface area contributed by atoms with Crippen LogP contribution in [0.5, 0.6) is 5.75 Å². The average molecular weight is 481 g/mol. The predicted octanol–water partition coefficient (Wildman–Crippen LogP) is 5.83. The number of hydrogen-bond acceptors (Lipinski definition) is 4. The minimum Gasteiger partial charge on any atom is -0.486 e. The van der Waals surface area contributed by atoms with Crippen LogP contribution in [0.25, 0.3) is 16.6 Å². The maximum absolute atomic E-state index is 12.5. The van der Waals surface area contributed by atoms with E-state index in [-0.39, 0.29) is 12.4 Å². The molecule has 7 heteroatoms. The van der Waals surface area contributed by atoms with Crippen LogP contribution in [0.2, 0.25) is 0 Å². The summed E-state index contributed by atoms with van der Waals surface area (Å²) in [5.41, 5.74) is 9.14. The molecule has 2 aromatic carbocycles. The predicted molar refractivity (Wildman–Crippen MR) is 141 cm³/mol. The van der Waals surface area contributed by atoms with E-state index in [0.717, 1.165) is 33.6 Å². The first-order chi connectivity index (χ1) is 17.4. The van der Waals surface area contributed by atoms with Gasteiger partial charge in [-0.05, 0) is 75.4 Å². The molecule has 0 saturated carbocycles. The van der Waals surface area contributed by atoms with Gasteiger partial charge in [-0.3, -0.25) is 4.79 Å². The van der Waals surface area contributed by atoms with Crippen molar-refractivity contribution in [1.29, 1.82) is 0 Å². The lowest BCUT2D eigenvalue weighted by Crippen LogP contribution is -2.16. The number of nitrogens with one attached hydrogen (secondary N) is 1. The molecule has 0 aliphatic rings. The zero-order valence-corrected chi connectivity index (χ0v) is 20.8. The molecule has 0 aliphatic heterocycles. The molecule has 0 aliphatic carbocycles. The largest absolute Gasteiger partial charge is 0.486 e. The number of rotatable bonds is 7. The van der Waals surface area contributed by atoms with E-state index in [2.05, 4.69) is 51.7 Å². The SMILES string of the molecule is Cc1ccc(C)n1-c1ccc(OCc2ccc(C(=O)N/N=C/c3c(C)n(C)c4ccccc34)o2)cc1. The molecule has 1 amide bonds. The molecule has 0 spiro atoms. The molecule has 36 heavy (non-hydrogen) atoms. The lowest BCUT2D eigenvalue weighted by molar-refractivity contribution is 0.0923. The van der Waals surface area contributed by atoms with Gasteiger partial charge >= 0.3 is 5.91 Å². The van der Waals surface area contributed by atoms with Gasteiger partial charge in [-0.2, -0.15) is 5.10 Å². The number of fused-ring (bicyclic) bond motifs is 1. The van der Waals surface area contributed by atoms with Crippen LogP contribution < -0.4 is 10.2 Å². The molecule has 182 valence electrons. The van der Waals surface area contributed by atoms with Gasteiger partial charge in [0, 0.05) is 46.3 Å². The Morgan fingerprint density at radius 2 is 1.69 bits per heavy atom. The number of furan rings is 1. The molecule has 0 atom stereocenters. The summed E-state index contributed by atoms with van der Waals surface area (Å²) in [6.45, 7) is 6.40. The maximum atomic E-state index is 12.5. The molecule has 1 N–H and O–H groups in total. The fourth-order valence-electron chi connectivity index (χ4n) is 4.42. The van der Waals surface area contributed by atoms with E-state index in [4.69, 9.17) is 9.15 Å². The Labute approximate surface area is 209 Å². The van der Waals surface area contributed by atoms with Gasteiger partial charge in [-0.25, -0.2) is 5.43 Å². The highest BCUT2D eigenvalue weighted by Crippen LogP contribution is 2.23. The van der Waals surface area contributed by atoms with E-state index in [1.807, 2.05) is 56.4 Å². The van der Waals surface area contributed by atoms with Crippen molar-refractivity contribution in [2.75, 3.05) is 0 Å². The summed E-state index contributed by atoms with van der Waals surface area (Å²) in [5.74, 6) is 1.03. The third kappa shape index (κ3) is 4.43. The van der Waals surface area contributed by atoms with Gasteiger partial charge in [0.2, 0.25) is 0 Å². The van der Waals surface area contributed by atoms with Crippen molar-refractivity contribution in [3.8, 4) is 11.4 Å². The number of para-hydroxylation sites is 1. The Bertz CT molecular complexity index is 1550. The third-order valence-electron chi connectivity index (χ3n) is 6.44. The van der Waals surface area contributed by atoms with Crippen molar-refractivity contribution in [3.63, 3.8) is 0 Å². The van der Waals surface area contributed by atoms with E-state index in [9.17, 15) is 4.79 Å². The molecule has 3 heterocycles. The number of nitrogens with zero attached hydrogens (tertiary/aromatic N) is 3. The Morgan fingerprint density at radius 3 is 2.44 bits per heavy atom. The van der Waals surface area contributed by atoms with Crippen LogP contribution in [0.4, 0.5) is 0 Å². The second-order valence-electron chi connectivity index (χ2n) is 8.77. The summed E-state index contributed by atoms with van der Waals surface area (Å²) in [6.07, 6.45) is 1.67. The minimum absolute atomic E-state index is 0.175. The van der Waals surface area contributed by atoms with Gasteiger partial charge in [0.25, 0.3) is 0 Å². The van der Waals surface area contributed by atoms with Crippen molar-refractivity contribution in [2.24, 2.45) is 12.1 Å². The Hall–Kier alpha value is -4.52. The van der Waals surface area contributed by atoms with Crippen molar-refractivity contribution in [2.45, 2.75) is 27.4 Å². The zero-order chi connectivity index (χ0) is 25.2. The highest BCUT2D eigenvalue weighted by molar-refractivity contribution is 6.01. The highest BCUT2D eigenvalue weighted by atomic mass is 16.5. The molecule has 5 rings (SSSR count). The average Bonchev–Trinajstić information content (AvgIpc) is 3.56. The monoisotopic (exact) mass is 480 g/mol. The molecule has 0 saturated heterocycles. The number of carbonyl (C=O) groups excluding carboxylic acids is 1. The number of aryl methyl sites for hydroxylation is 3. The van der Waals surface area contributed by atoms with Gasteiger partial charge in [0.15, 0.2) is 5.76 Å². The number of aromatic nitrogens is 2. The lowest BCUT2D eigenvalue weighted by atomic mass is 10.1. The van der Waals surface area contributed by atoms with E-state index < -0.39 is 5.91 Å². The normalized spacial score (nSPS) is 11.4. The summed E-state index contributed by atoms with van der Waals surface area (Å²) >= 11 is 0. The molecule has 0 fully saturated rings. The molecule has 0 radical (unpaired) electrons. The standard InChI is InChI=1S/C29H28N4O3/c1-19-9-10-20(2)33(19)22-11-13-23(14-12-22)35-18-24-15-16-28(36-24)29(34)31-30-17-26-21(3)32(4)27-8-6-5-7-25(26)27/h5-17H,18H2,1-4H3,(H,31,34)/b30-17+. The van der Waals surface area contributed by atoms with Crippen LogP contribution in [0.3, 0.4) is 0 Å². The van der Waals surface area contributed by atoms with E-state index in [1.165, 1.54) is 11.4 Å². The molecule has 7 nitrogen and oxygen atoms in total. The number of amides is 1.